The molecule has 1 amide bonds. The van der Waals surface area contributed by atoms with Gasteiger partial charge in [0.2, 0.25) is 27.6 Å². The van der Waals surface area contributed by atoms with Crippen molar-refractivity contribution in [1.82, 2.24) is 19.3 Å². The van der Waals surface area contributed by atoms with Gasteiger partial charge >= 0.3 is 0 Å². The minimum absolute atomic E-state index is 0.0929. The van der Waals surface area contributed by atoms with Gasteiger partial charge in [-0.05, 0) is 62.8 Å². The fraction of sp³-hybridized carbons (Fsp3) is 0.625. The van der Waals surface area contributed by atoms with E-state index in [2.05, 4.69) is 10.1 Å². The van der Waals surface area contributed by atoms with E-state index in [1.807, 2.05) is 11.9 Å². The molecule has 3 aliphatic rings. The molecule has 178 valence electrons. The molecule has 1 aliphatic heterocycles. The fourth-order valence-corrected chi connectivity index (χ4v) is 6.52. The van der Waals surface area contributed by atoms with Gasteiger partial charge in [-0.25, -0.2) is 8.42 Å². The molecule has 0 bridgehead atoms. The van der Waals surface area contributed by atoms with Crippen molar-refractivity contribution in [1.29, 1.82) is 0 Å². The van der Waals surface area contributed by atoms with E-state index < -0.39 is 10.0 Å². The summed E-state index contributed by atoms with van der Waals surface area (Å²) < 4.78 is 33.2. The third-order valence-electron chi connectivity index (χ3n) is 7.39. The van der Waals surface area contributed by atoms with E-state index in [0.717, 1.165) is 31.2 Å². The topological polar surface area (TPSA) is 96.6 Å². The SMILES string of the molecule is CN(C(=O)C1CCN(S(=O)(=O)c2ccc(-c3noc(C4CC4)n3)cc2)CC1)C1CCCCC1. The number of benzene rings is 1. The summed E-state index contributed by atoms with van der Waals surface area (Å²) in [4.78, 5) is 19.6. The third kappa shape index (κ3) is 4.71. The summed E-state index contributed by atoms with van der Waals surface area (Å²) in [5, 5.41) is 4.02. The lowest BCUT2D eigenvalue weighted by atomic mass is 9.91. The van der Waals surface area contributed by atoms with Crippen molar-refractivity contribution in [3.63, 3.8) is 0 Å². The Morgan fingerprint density at radius 2 is 1.67 bits per heavy atom. The molecule has 0 atom stereocenters. The smallest absolute Gasteiger partial charge is 0.243 e. The van der Waals surface area contributed by atoms with Crippen molar-refractivity contribution in [3.05, 3.63) is 30.2 Å². The number of nitrogens with zero attached hydrogens (tertiary/aromatic N) is 4. The molecule has 1 aromatic heterocycles. The summed E-state index contributed by atoms with van der Waals surface area (Å²) in [5.41, 5.74) is 0.736. The van der Waals surface area contributed by atoms with Gasteiger partial charge in [-0.15, -0.1) is 0 Å². The van der Waals surface area contributed by atoms with E-state index in [4.69, 9.17) is 4.52 Å². The van der Waals surface area contributed by atoms with Crippen LogP contribution in [0.1, 0.15) is 69.6 Å². The van der Waals surface area contributed by atoms with Gasteiger partial charge in [-0.1, -0.05) is 24.4 Å². The van der Waals surface area contributed by atoms with Crippen LogP contribution in [-0.2, 0) is 14.8 Å². The summed E-state index contributed by atoms with van der Waals surface area (Å²) in [6.45, 7) is 0.739. The van der Waals surface area contributed by atoms with Gasteiger partial charge in [0, 0.05) is 43.6 Å². The summed E-state index contributed by atoms with van der Waals surface area (Å²) in [7, 11) is -1.69. The molecular weight excluding hydrogens is 440 g/mol. The first-order valence-electron chi connectivity index (χ1n) is 12.1. The van der Waals surface area contributed by atoms with Crippen molar-refractivity contribution in [3.8, 4) is 11.4 Å². The molecule has 2 aromatic rings. The molecule has 2 aliphatic carbocycles. The van der Waals surface area contributed by atoms with E-state index in [-0.39, 0.29) is 16.7 Å². The number of amides is 1. The quantitative estimate of drug-likeness (QED) is 0.634. The molecule has 2 saturated carbocycles. The minimum atomic E-state index is -3.60. The van der Waals surface area contributed by atoms with Crippen LogP contribution in [0, 0.1) is 5.92 Å². The van der Waals surface area contributed by atoms with Gasteiger partial charge in [0.25, 0.3) is 0 Å². The lowest BCUT2D eigenvalue weighted by molar-refractivity contribution is -0.138. The number of carbonyl (C=O) groups excluding carboxylic acids is 1. The molecule has 3 fully saturated rings. The molecule has 0 radical (unpaired) electrons. The average molecular weight is 473 g/mol. The number of hydrogen-bond acceptors (Lipinski definition) is 6. The molecule has 0 N–H and O–H groups in total. The Hall–Kier alpha value is -2.26. The Bertz CT molecular complexity index is 1080. The minimum Gasteiger partial charge on any atom is -0.343 e. The molecule has 33 heavy (non-hydrogen) atoms. The Kier molecular flexibility index (Phi) is 6.26. The molecule has 9 heteroatoms. The van der Waals surface area contributed by atoms with Crippen molar-refractivity contribution in [2.24, 2.45) is 5.92 Å². The Labute approximate surface area is 195 Å². The number of sulfonamides is 1. The predicted molar refractivity (Wildman–Crippen MR) is 123 cm³/mol. The fourth-order valence-electron chi connectivity index (χ4n) is 5.05. The van der Waals surface area contributed by atoms with Gasteiger partial charge in [0.05, 0.1) is 4.90 Å². The van der Waals surface area contributed by atoms with Gasteiger partial charge in [-0.3, -0.25) is 4.79 Å². The first kappa shape index (κ1) is 22.5. The summed E-state index contributed by atoms with van der Waals surface area (Å²) in [6, 6.07) is 7.00. The molecule has 8 nitrogen and oxygen atoms in total. The second kappa shape index (κ2) is 9.18. The summed E-state index contributed by atoms with van der Waals surface area (Å²) in [6.07, 6.45) is 9.09. The van der Waals surface area contributed by atoms with E-state index >= 15 is 0 Å². The Morgan fingerprint density at radius 1 is 1.00 bits per heavy atom. The zero-order valence-corrected chi connectivity index (χ0v) is 20.0. The second-order valence-electron chi connectivity index (χ2n) is 9.67. The summed E-state index contributed by atoms with van der Waals surface area (Å²) in [5.74, 6) is 1.61. The predicted octanol–water partition coefficient (Wildman–Crippen LogP) is 3.81. The molecule has 0 unspecified atom stereocenters. The largest absolute Gasteiger partial charge is 0.343 e. The van der Waals surface area contributed by atoms with E-state index in [1.165, 1.54) is 23.6 Å². The number of rotatable bonds is 6. The number of aromatic nitrogens is 2. The van der Waals surface area contributed by atoms with Gasteiger partial charge in [-0.2, -0.15) is 9.29 Å². The standard InChI is InChI=1S/C24H32N4O4S/c1-27(20-5-3-2-4-6-20)24(29)19-13-15-28(16-14-19)33(30,31)21-11-9-17(10-12-21)22-25-23(32-26-22)18-7-8-18/h9-12,18-20H,2-8,13-16H2,1H3. The first-order valence-corrected chi connectivity index (χ1v) is 13.6. The zero-order chi connectivity index (χ0) is 23.0. The highest BCUT2D eigenvalue weighted by Crippen LogP contribution is 2.39. The van der Waals surface area contributed by atoms with Crippen LogP contribution in [0.5, 0.6) is 0 Å². The molecule has 1 aromatic carbocycles. The molecule has 2 heterocycles. The second-order valence-corrected chi connectivity index (χ2v) is 11.6. The average Bonchev–Trinajstić information content (AvgIpc) is 3.60. The molecular formula is C24H32N4O4S. The van der Waals surface area contributed by atoms with Crippen LogP contribution in [-0.4, -0.2) is 59.8 Å². The van der Waals surface area contributed by atoms with Crippen molar-refractivity contribution in [2.75, 3.05) is 20.1 Å². The van der Waals surface area contributed by atoms with E-state index in [0.29, 0.717) is 49.6 Å². The van der Waals surface area contributed by atoms with E-state index in [9.17, 15) is 13.2 Å². The van der Waals surface area contributed by atoms with Crippen LogP contribution in [0.25, 0.3) is 11.4 Å². The van der Waals surface area contributed by atoms with Gasteiger partial charge in [0.15, 0.2) is 0 Å². The molecule has 0 spiro atoms. The third-order valence-corrected chi connectivity index (χ3v) is 9.30. The monoisotopic (exact) mass is 472 g/mol. The highest BCUT2D eigenvalue weighted by Gasteiger charge is 2.35. The number of hydrogen-bond donors (Lipinski definition) is 0. The maximum atomic E-state index is 13.2. The van der Waals surface area contributed by atoms with Crippen molar-refractivity contribution >= 4 is 15.9 Å². The molecule has 1 saturated heterocycles. The lowest BCUT2D eigenvalue weighted by Gasteiger charge is -2.36. The highest BCUT2D eigenvalue weighted by atomic mass is 32.2. The van der Waals surface area contributed by atoms with Crippen molar-refractivity contribution in [2.45, 2.75) is 74.6 Å². The lowest BCUT2D eigenvalue weighted by Crippen LogP contribution is -2.46. The molecule has 5 rings (SSSR count). The van der Waals surface area contributed by atoms with Gasteiger partial charge in [0.1, 0.15) is 0 Å². The number of piperidine rings is 1. The highest BCUT2D eigenvalue weighted by molar-refractivity contribution is 7.89. The van der Waals surface area contributed by atoms with Crippen LogP contribution < -0.4 is 0 Å². The van der Waals surface area contributed by atoms with Gasteiger partial charge < -0.3 is 9.42 Å². The van der Waals surface area contributed by atoms with Crippen LogP contribution in [0.4, 0.5) is 0 Å². The van der Waals surface area contributed by atoms with Crippen LogP contribution in [0.3, 0.4) is 0 Å². The Morgan fingerprint density at radius 3 is 2.30 bits per heavy atom. The van der Waals surface area contributed by atoms with E-state index in [1.54, 1.807) is 24.3 Å². The van der Waals surface area contributed by atoms with Crippen LogP contribution in [0.2, 0.25) is 0 Å². The maximum absolute atomic E-state index is 13.2. The zero-order valence-electron chi connectivity index (χ0n) is 19.1. The first-order chi connectivity index (χ1) is 15.9. The van der Waals surface area contributed by atoms with Crippen LogP contribution >= 0.6 is 0 Å². The number of carbonyl (C=O) groups is 1. The van der Waals surface area contributed by atoms with Crippen molar-refractivity contribution < 1.29 is 17.7 Å². The summed E-state index contributed by atoms with van der Waals surface area (Å²) >= 11 is 0. The maximum Gasteiger partial charge on any atom is 0.243 e. The Balaban J connectivity index is 1.20. The van der Waals surface area contributed by atoms with Crippen LogP contribution in [0.15, 0.2) is 33.7 Å². The normalized spacial score (nSPS) is 21.2.